The van der Waals surface area contributed by atoms with Gasteiger partial charge in [-0.25, -0.2) is 0 Å². The van der Waals surface area contributed by atoms with E-state index in [0.717, 1.165) is 21.8 Å². The average Bonchev–Trinajstić information content (AvgIpc) is 2.77. The van der Waals surface area contributed by atoms with Crippen molar-refractivity contribution in [1.82, 2.24) is 5.32 Å². The molecule has 1 aromatic carbocycles. The highest BCUT2D eigenvalue weighted by atomic mass is 79.9. The molecule has 1 atom stereocenters. The second-order valence-corrected chi connectivity index (χ2v) is 6.38. The number of nitrogens with one attached hydrogen (secondary N) is 1. The van der Waals surface area contributed by atoms with Crippen LogP contribution >= 0.6 is 27.7 Å². The van der Waals surface area contributed by atoms with Crippen molar-refractivity contribution in [2.45, 2.75) is 18.6 Å². The van der Waals surface area contributed by atoms with Crippen LogP contribution < -0.4 is 10.4 Å². The summed E-state index contributed by atoms with van der Waals surface area (Å²) in [6.45, 7) is 1.80. The molecular formula is C13H11BrN3O3S-. The lowest BCUT2D eigenvalue weighted by atomic mass is 10.1. The molecule has 1 fully saturated rings. The first-order chi connectivity index (χ1) is 9.95. The number of amides is 1. The van der Waals surface area contributed by atoms with E-state index in [4.69, 9.17) is 0 Å². The highest BCUT2D eigenvalue weighted by Crippen LogP contribution is 2.22. The largest absolute Gasteiger partial charge is 0.550 e. The quantitative estimate of drug-likeness (QED) is 0.630. The van der Waals surface area contributed by atoms with Crippen LogP contribution in [0.3, 0.4) is 0 Å². The first-order valence-electron chi connectivity index (χ1n) is 6.01. The molecule has 2 rings (SSSR count). The zero-order valence-electron chi connectivity index (χ0n) is 11.0. The van der Waals surface area contributed by atoms with Gasteiger partial charge in [-0.2, -0.15) is 5.10 Å². The van der Waals surface area contributed by atoms with Gasteiger partial charge in [0.15, 0.2) is 5.17 Å². The third kappa shape index (κ3) is 4.40. The number of thioether (sulfide) groups is 1. The van der Waals surface area contributed by atoms with Crippen LogP contribution in [0.15, 0.2) is 38.9 Å². The Balaban J connectivity index is 2.07. The molecule has 110 valence electrons. The van der Waals surface area contributed by atoms with Crippen LogP contribution in [-0.2, 0) is 9.59 Å². The number of carbonyl (C=O) groups is 2. The number of aliphatic carboxylic acids is 1. The van der Waals surface area contributed by atoms with Gasteiger partial charge in [-0.1, -0.05) is 39.8 Å². The number of hydrogen-bond acceptors (Lipinski definition) is 6. The van der Waals surface area contributed by atoms with E-state index >= 15 is 0 Å². The fourth-order valence-electron chi connectivity index (χ4n) is 1.61. The number of amidine groups is 1. The van der Waals surface area contributed by atoms with Crippen molar-refractivity contribution >= 4 is 50.4 Å². The van der Waals surface area contributed by atoms with Gasteiger partial charge in [0.25, 0.3) is 0 Å². The Labute approximate surface area is 133 Å². The van der Waals surface area contributed by atoms with Gasteiger partial charge in [-0.05, 0) is 24.6 Å². The molecule has 1 aliphatic rings. The first-order valence-corrected chi connectivity index (χ1v) is 7.68. The maximum atomic E-state index is 11.5. The van der Waals surface area contributed by atoms with Gasteiger partial charge in [0.2, 0.25) is 5.91 Å². The van der Waals surface area contributed by atoms with Crippen LogP contribution in [0.1, 0.15) is 18.9 Å². The van der Waals surface area contributed by atoms with Crippen molar-refractivity contribution in [2.75, 3.05) is 0 Å². The zero-order valence-corrected chi connectivity index (χ0v) is 13.4. The van der Waals surface area contributed by atoms with Crippen LogP contribution in [0.25, 0.3) is 0 Å². The van der Waals surface area contributed by atoms with E-state index in [1.165, 1.54) is 0 Å². The van der Waals surface area contributed by atoms with Crippen molar-refractivity contribution in [2.24, 2.45) is 10.2 Å². The predicted molar refractivity (Wildman–Crippen MR) is 82.9 cm³/mol. The highest BCUT2D eigenvalue weighted by molar-refractivity contribution is 9.10. The maximum Gasteiger partial charge on any atom is 0.239 e. The fraction of sp³-hybridized carbons (Fsp3) is 0.231. The Bertz CT molecular complexity index is 628. The first kappa shape index (κ1) is 15.7. The predicted octanol–water partition coefficient (Wildman–Crippen LogP) is 0.901. The highest BCUT2D eigenvalue weighted by Gasteiger charge is 2.30. The second-order valence-electron chi connectivity index (χ2n) is 4.27. The zero-order chi connectivity index (χ0) is 15.4. The standard InChI is InChI=1S/C13H12BrN3O3S/c1-7(8-2-4-9(14)5-3-8)16-17-13-15-12(20)10(21-13)6-11(18)19/h2-5,10H,6H2,1H3,(H,18,19)(H,15,17,20)/p-1/b16-7-/t10-/m0/s1. The third-order valence-corrected chi connectivity index (χ3v) is 4.28. The minimum Gasteiger partial charge on any atom is -0.550 e. The summed E-state index contributed by atoms with van der Waals surface area (Å²) in [7, 11) is 0. The molecule has 0 unspecified atom stereocenters. The SMILES string of the molecule is C/C(=N/N=C1/NC(=O)[C@H](CC(=O)[O-])S1)c1ccc(Br)cc1. The summed E-state index contributed by atoms with van der Waals surface area (Å²) in [6, 6.07) is 7.57. The summed E-state index contributed by atoms with van der Waals surface area (Å²) in [5.74, 6) is -1.65. The number of carboxylic acid groups (broad SMARTS) is 1. The van der Waals surface area contributed by atoms with Crippen LogP contribution in [0.5, 0.6) is 0 Å². The fourth-order valence-corrected chi connectivity index (χ4v) is 2.77. The number of rotatable bonds is 4. The lowest BCUT2D eigenvalue weighted by Crippen LogP contribution is -2.31. The number of hydrogen-bond donors (Lipinski definition) is 1. The molecule has 6 nitrogen and oxygen atoms in total. The molecule has 8 heteroatoms. The van der Waals surface area contributed by atoms with Gasteiger partial charge in [-0.15, -0.1) is 5.10 Å². The summed E-state index contributed by atoms with van der Waals surface area (Å²) >= 11 is 4.39. The summed E-state index contributed by atoms with van der Waals surface area (Å²) < 4.78 is 0.967. The molecule has 1 N–H and O–H groups in total. The second kappa shape index (κ2) is 6.86. The molecule has 0 radical (unpaired) electrons. The minimum atomic E-state index is -1.27. The number of carbonyl (C=O) groups excluding carboxylic acids is 2. The molecule has 0 aromatic heterocycles. The number of nitrogens with zero attached hydrogens (tertiary/aromatic N) is 2. The Kier molecular flexibility index (Phi) is 5.13. The Morgan fingerprint density at radius 3 is 2.71 bits per heavy atom. The summed E-state index contributed by atoms with van der Waals surface area (Å²) in [4.78, 5) is 22.0. The molecule has 21 heavy (non-hydrogen) atoms. The van der Waals surface area contributed by atoms with Gasteiger partial charge in [0.1, 0.15) is 0 Å². The van der Waals surface area contributed by atoms with Gasteiger partial charge in [-0.3, -0.25) is 4.79 Å². The maximum absolute atomic E-state index is 11.5. The van der Waals surface area contributed by atoms with E-state index in [1.807, 2.05) is 24.3 Å². The monoisotopic (exact) mass is 368 g/mol. The average molecular weight is 369 g/mol. The van der Waals surface area contributed by atoms with Crippen molar-refractivity contribution in [1.29, 1.82) is 0 Å². The Morgan fingerprint density at radius 1 is 1.43 bits per heavy atom. The molecule has 1 aromatic rings. The van der Waals surface area contributed by atoms with Gasteiger partial charge < -0.3 is 15.2 Å². The number of halogens is 1. The molecular weight excluding hydrogens is 358 g/mol. The summed E-state index contributed by atoms with van der Waals surface area (Å²) in [5.41, 5.74) is 1.59. The number of carboxylic acids is 1. The van der Waals surface area contributed by atoms with Crippen LogP contribution in [0, 0.1) is 0 Å². The van der Waals surface area contributed by atoms with Gasteiger partial charge in [0, 0.05) is 16.9 Å². The van der Waals surface area contributed by atoms with E-state index in [9.17, 15) is 14.7 Å². The van der Waals surface area contributed by atoms with Crippen molar-refractivity contribution in [3.8, 4) is 0 Å². The van der Waals surface area contributed by atoms with E-state index in [-0.39, 0.29) is 12.3 Å². The topological polar surface area (TPSA) is 94.0 Å². The van der Waals surface area contributed by atoms with Gasteiger partial charge >= 0.3 is 0 Å². The van der Waals surface area contributed by atoms with Crippen LogP contribution in [0.2, 0.25) is 0 Å². The molecule has 1 heterocycles. The lowest BCUT2D eigenvalue weighted by Gasteiger charge is -2.04. The Morgan fingerprint density at radius 2 is 2.10 bits per heavy atom. The summed E-state index contributed by atoms with van der Waals surface area (Å²) in [5, 5.41) is 20.6. The smallest absolute Gasteiger partial charge is 0.239 e. The molecule has 1 aliphatic heterocycles. The molecule has 1 saturated heterocycles. The minimum absolute atomic E-state index is 0.294. The van der Waals surface area contributed by atoms with Crippen LogP contribution in [0.4, 0.5) is 0 Å². The molecule has 1 amide bonds. The summed E-state index contributed by atoms with van der Waals surface area (Å²) in [6.07, 6.45) is -0.342. The molecule has 0 saturated carbocycles. The van der Waals surface area contributed by atoms with Crippen molar-refractivity contribution < 1.29 is 14.7 Å². The molecule has 0 spiro atoms. The third-order valence-electron chi connectivity index (χ3n) is 2.68. The van der Waals surface area contributed by atoms with Crippen molar-refractivity contribution in [3.05, 3.63) is 34.3 Å². The molecule has 0 aliphatic carbocycles. The van der Waals surface area contributed by atoms with Crippen LogP contribution in [-0.4, -0.2) is 28.0 Å². The van der Waals surface area contributed by atoms with Crippen molar-refractivity contribution in [3.63, 3.8) is 0 Å². The molecule has 0 bridgehead atoms. The van der Waals surface area contributed by atoms with E-state index < -0.39 is 11.2 Å². The normalized spacial score (nSPS) is 20.7. The van der Waals surface area contributed by atoms with E-state index in [1.54, 1.807) is 6.92 Å². The number of benzene rings is 1. The lowest BCUT2D eigenvalue weighted by molar-refractivity contribution is -0.305. The van der Waals surface area contributed by atoms with E-state index in [2.05, 4.69) is 31.4 Å². The Hall–Kier alpha value is -1.67. The van der Waals surface area contributed by atoms with E-state index in [0.29, 0.717) is 10.9 Å². The van der Waals surface area contributed by atoms with Gasteiger partial charge in [0.05, 0.1) is 11.0 Å².